The second-order valence-corrected chi connectivity index (χ2v) is 4.45. The molecule has 0 aliphatic heterocycles. The van der Waals surface area contributed by atoms with Crippen LogP contribution in [-0.4, -0.2) is 17.2 Å². The van der Waals surface area contributed by atoms with Crippen molar-refractivity contribution >= 4 is 5.97 Å². The van der Waals surface area contributed by atoms with E-state index >= 15 is 0 Å². The Morgan fingerprint density at radius 3 is 2.47 bits per heavy atom. The highest BCUT2D eigenvalue weighted by molar-refractivity contribution is 5.69. The van der Waals surface area contributed by atoms with E-state index in [2.05, 4.69) is 18.8 Å². The van der Waals surface area contributed by atoms with Crippen LogP contribution in [0.5, 0.6) is 5.75 Å². The van der Waals surface area contributed by atoms with Crippen LogP contribution in [0.4, 0.5) is 0 Å². The van der Waals surface area contributed by atoms with E-state index in [0.717, 1.165) is 17.7 Å². The quantitative estimate of drug-likeness (QED) is 0.797. The predicted molar refractivity (Wildman–Crippen MR) is 75.3 cm³/mol. The first kappa shape index (κ1) is 15.1. The molecule has 3 nitrogen and oxygen atoms in total. The molecule has 0 saturated carbocycles. The van der Waals surface area contributed by atoms with Crippen LogP contribution < -0.4 is 4.74 Å². The van der Waals surface area contributed by atoms with Gasteiger partial charge in [-0.15, -0.1) is 5.92 Å². The molecule has 0 aliphatic carbocycles. The van der Waals surface area contributed by atoms with E-state index in [-0.39, 0.29) is 18.4 Å². The highest BCUT2D eigenvalue weighted by Crippen LogP contribution is 2.22. The van der Waals surface area contributed by atoms with Gasteiger partial charge < -0.3 is 9.84 Å². The molecule has 0 aliphatic rings. The fourth-order valence-electron chi connectivity index (χ4n) is 1.70. The van der Waals surface area contributed by atoms with Crippen molar-refractivity contribution in [2.45, 2.75) is 45.6 Å². The molecule has 0 saturated heterocycles. The van der Waals surface area contributed by atoms with Crippen LogP contribution in [0.2, 0.25) is 0 Å². The van der Waals surface area contributed by atoms with Gasteiger partial charge in [0.05, 0.1) is 18.4 Å². The summed E-state index contributed by atoms with van der Waals surface area (Å²) in [5.41, 5.74) is 0.910. The van der Waals surface area contributed by atoms with E-state index in [1.165, 1.54) is 0 Å². The van der Waals surface area contributed by atoms with E-state index in [1.807, 2.05) is 31.2 Å². The minimum atomic E-state index is -0.840. The van der Waals surface area contributed by atoms with Crippen molar-refractivity contribution in [3.05, 3.63) is 29.8 Å². The third kappa shape index (κ3) is 5.05. The minimum Gasteiger partial charge on any atom is -0.491 e. The van der Waals surface area contributed by atoms with Crippen LogP contribution in [0.3, 0.4) is 0 Å². The van der Waals surface area contributed by atoms with Crippen LogP contribution in [0.15, 0.2) is 24.3 Å². The van der Waals surface area contributed by atoms with Crippen molar-refractivity contribution < 1.29 is 14.6 Å². The molecule has 0 heterocycles. The molecule has 0 bridgehead atoms. The molecule has 102 valence electrons. The minimum absolute atomic E-state index is 0.0202. The van der Waals surface area contributed by atoms with Crippen molar-refractivity contribution in [2.75, 3.05) is 0 Å². The predicted octanol–water partition coefficient (Wildman–Crippen LogP) is 3.45. The van der Waals surface area contributed by atoms with Crippen molar-refractivity contribution in [3.8, 4) is 17.6 Å². The van der Waals surface area contributed by atoms with Gasteiger partial charge in [0.1, 0.15) is 5.75 Å². The summed E-state index contributed by atoms with van der Waals surface area (Å²) in [7, 11) is 0. The maximum absolute atomic E-state index is 10.8. The lowest BCUT2D eigenvalue weighted by atomic mass is 9.96. The fourth-order valence-corrected chi connectivity index (χ4v) is 1.70. The van der Waals surface area contributed by atoms with Gasteiger partial charge in [-0.25, -0.2) is 0 Å². The monoisotopic (exact) mass is 260 g/mol. The van der Waals surface area contributed by atoms with Crippen LogP contribution >= 0.6 is 0 Å². The third-order valence-corrected chi connectivity index (χ3v) is 2.89. The number of carboxylic acid groups (broad SMARTS) is 1. The van der Waals surface area contributed by atoms with E-state index < -0.39 is 5.97 Å². The molecule has 1 rings (SSSR count). The molecule has 0 radical (unpaired) electrons. The smallest absolute Gasteiger partial charge is 0.304 e. The molecule has 0 unspecified atom stereocenters. The summed E-state index contributed by atoms with van der Waals surface area (Å²) in [6.07, 6.45) is 1.15. The number of ether oxygens (including phenoxy) is 1. The van der Waals surface area contributed by atoms with Crippen molar-refractivity contribution in [3.63, 3.8) is 0 Å². The molecule has 1 N–H and O–H groups in total. The SMILES string of the molecule is CC#C[C@H](CC(=O)O)c1ccc(O[C@@H](C)CC)cc1. The lowest BCUT2D eigenvalue weighted by Crippen LogP contribution is -2.10. The van der Waals surface area contributed by atoms with Gasteiger partial charge in [0, 0.05) is 0 Å². The number of aliphatic carboxylic acids is 1. The van der Waals surface area contributed by atoms with Gasteiger partial charge in [0.2, 0.25) is 0 Å². The van der Waals surface area contributed by atoms with Gasteiger partial charge in [0.25, 0.3) is 0 Å². The normalized spacial score (nSPS) is 13.0. The third-order valence-electron chi connectivity index (χ3n) is 2.89. The molecule has 2 atom stereocenters. The molecule has 19 heavy (non-hydrogen) atoms. The molecule has 1 aromatic rings. The Kier molecular flexibility index (Phi) is 5.95. The molecule has 0 fully saturated rings. The zero-order valence-corrected chi connectivity index (χ0v) is 11.6. The highest BCUT2D eigenvalue weighted by Gasteiger charge is 2.13. The van der Waals surface area contributed by atoms with E-state index in [0.29, 0.717) is 0 Å². The van der Waals surface area contributed by atoms with Gasteiger partial charge in [0.15, 0.2) is 0 Å². The average Bonchev–Trinajstić information content (AvgIpc) is 2.38. The molecule has 0 amide bonds. The Morgan fingerprint density at radius 2 is 2.00 bits per heavy atom. The second kappa shape index (κ2) is 7.48. The highest BCUT2D eigenvalue weighted by atomic mass is 16.5. The van der Waals surface area contributed by atoms with Gasteiger partial charge in [-0.1, -0.05) is 25.0 Å². The first-order chi connectivity index (χ1) is 9.06. The maximum atomic E-state index is 10.8. The van der Waals surface area contributed by atoms with E-state index in [1.54, 1.807) is 6.92 Å². The van der Waals surface area contributed by atoms with Gasteiger partial charge in [-0.3, -0.25) is 4.79 Å². The second-order valence-electron chi connectivity index (χ2n) is 4.45. The lowest BCUT2D eigenvalue weighted by Gasteiger charge is -2.14. The van der Waals surface area contributed by atoms with Crippen LogP contribution in [0.25, 0.3) is 0 Å². The lowest BCUT2D eigenvalue weighted by molar-refractivity contribution is -0.137. The molecule has 3 heteroatoms. The standard InChI is InChI=1S/C16H20O3/c1-4-6-14(11-16(17)18)13-7-9-15(10-8-13)19-12(3)5-2/h7-10,12,14H,5,11H2,1-3H3,(H,17,18)/t12-,14+/m0/s1. The average molecular weight is 260 g/mol. The molecular formula is C16H20O3. The summed E-state index contributed by atoms with van der Waals surface area (Å²) < 4.78 is 5.69. The molecular weight excluding hydrogens is 240 g/mol. The Labute approximate surface area is 114 Å². The maximum Gasteiger partial charge on any atom is 0.304 e. The van der Waals surface area contributed by atoms with Crippen LogP contribution in [-0.2, 0) is 4.79 Å². The summed E-state index contributed by atoms with van der Waals surface area (Å²) in [6, 6.07) is 7.51. The Bertz CT molecular complexity index is 465. The summed E-state index contributed by atoms with van der Waals surface area (Å²) in [5.74, 6) is 5.41. The largest absolute Gasteiger partial charge is 0.491 e. The summed E-state index contributed by atoms with van der Waals surface area (Å²) in [6.45, 7) is 5.80. The molecule has 1 aromatic carbocycles. The number of carbonyl (C=O) groups is 1. The molecule has 0 aromatic heterocycles. The van der Waals surface area contributed by atoms with Crippen LogP contribution in [0, 0.1) is 11.8 Å². The van der Waals surface area contributed by atoms with Crippen molar-refractivity contribution in [1.82, 2.24) is 0 Å². The van der Waals surface area contributed by atoms with E-state index in [9.17, 15) is 4.79 Å². The van der Waals surface area contributed by atoms with E-state index in [4.69, 9.17) is 9.84 Å². The van der Waals surface area contributed by atoms with Gasteiger partial charge in [-0.2, -0.15) is 0 Å². The Hall–Kier alpha value is -1.95. The Balaban J connectivity index is 2.82. The molecule has 0 spiro atoms. The zero-order valence-electron chi connectivity index (χ0n) is 11.6. The van der Waals surface area contributed by atoms with Crippen molar-refractivity contribution in [2.24, 2.45) is 0 Å². The fraction of sp³-hybridized carbons (Fsp3) is 0.438. The number of benzene rings is 1. The van der Waals surface area contributed by atoms with Gasteiger partial charge in [-0.05, 0) is 38.0 Å². The van der Waals surface area contributed by atoms with Crippen molar-refractivity contribution in [1.29, 1.82) is 0 Å². The summed E-state index contributed by atoms with van der Waals surface area (Å²) in [5, 5.41) is 8.88. The topological polar surface area (TPSA) is 46.5 Å². The summed E-state index contributed by atoms with van der Waals surface area (Å²) >= 11 is 0. The Morgan fingerprint density at radius 1 is 1.37 bits per heavy atom. The number of rotatable bonds is 6. The first-order valence-corrected chi connectivity index (χ1v) is 6.47. The van der Waals surface area contributed by atoms with Crippen LogP contribution in [0.1, 0.15) is 45.1 Å². The number of carboxylic acids is 1. The zero-order chi connectivity index (χ0) is 14.3. The summed E-state index contributed by atoms with van der Waals surface area (Å²) in [4.78, 5) is 10.8. The first-order valence-electron chi connectivity index (χ1n) is 6.47. The van der Waals surface area contributed by atoms with Gasteiger partial charge >= 0.3 is 5.97 Å². The number of hydrogen-bond acceptors (Lipinski definition) is 2. The number of hydrogen-bond donors (Lipinski definition) is 1.